The van der Waals surface area contributed by atoms with Crippen molar-refractivity contribution in [2.75, 3.05) is 6.54 Å². The van der Waals surface area contributed by atoms with Crippen molar-refractivity contribution in [2.45, 2.75) is 19.9 Å². The molecule has 0 radical (unpaired) electrons. The van der Waals surface area contributed by atoms with Gasteiger partial charge in [0.05, 0.1) is 0 Å². The SMILES string of the molecule is CCCNCc1cnc(-c2cn3ccccc3n2)s1. The van der Waals surface area contributed by atoms with E-state index in [0.29, 0.717) is 0 Å². The Morgan fingerprint density at radius 1 is 1.37 bits per heavy atom. The second-order valence-corrected chi connectivity index (χ2v) is 5.52. The number of nitrogens with one attached hydrogen (secondary N) is 1. The Morgan fingerprint density at radius 3 is 3.16 bits per heavy atom. The smallest absolute Gasteiger partial charge is 0.143 e. The van der Waals surface area contributed by atoms with E-state index in [1.165, 1.54) is 4.88 Å². The van der Waals surface area contributed by atoms with E-state index in [-0.39, 0.29) is 0 Å². The van der Waals surface area contributed by atoms with Crippen LogP contribution < -0.4 is 5.32 Å². The Morgan fingerprint density at radius 2 is 2.32 bits per heavy atom. The molecule has 3 heterocycles. The molecule has 0 amide bonds. The van der Waals surface area contributed by atoms with Gasteiger partial charge in [0.2, 0.25) is 0 Å². The second-order valence-electron chi connectivity index (χ2n) is 4.40. The van der Waals surface area contributed by atoms with E-state index >= 15 is 0 Å². The Bertz CT molecular complexity index is 638. The highest BCUT2D eigenvalue weighted by atomic mass is 32.1. The summed E-state index contributed by atoms with van der Waals surface area (Å²) in [5, 5.41) is 4.37. The molecule has 0 spiro atoms. The van der Waals surface area contributed by atoms with Crippen molar-refractivity contribution in [3.8, 4) is 10.7 Å². The Kier molecular flexibility index (Phi) is 3.57. The van der Waals surface area contributed by atoms with Gasteiger partial charge in [-0.2, -0.15) is 0 Å². The summed E-state index contributed by atoms with van der Waals surface area (Å²) in [7, 11) is 0. The molecular formula is C14H16N4S. The van der Waals surface area contributed by atoms with Gasteiger partial charge in [0.25, 0.3) is 0 Å². The number of hydrogen-bond acceptors (Lipinski definition) is 4. The van der Waals surface area contributed by atoms with Crippen LogP contribution in [0.2, 0.25) is 0 Å². The molecule has 0 fully saturated rings. The van der Waals surface area contributed by atoms with Crippen LogP contribution in [-0.4, -0.2) is 20.9 Å². The summed E-state index contributed by atoms with van der Waals surface area (Å²) in [5.74, 6) is 0. The minimum Gasteiger partial charge on any atom is -0.312 e. The van der Waals surface area contributed by atoms with Crippen molar-refractivity contribution in [3.63, 3.8) is 0 Å². The van der Waals surface area contributed by atoms with Crippen molar-refractivity contribution in [1.82, 2.24) is 19.7 Å². The van der Waals surface area contributed by atoms with E-state index in [2.05, 4.69) is 22.2 Å². The van der Waals surface area contributed by atoms with Crippen molar-refractivity contribution >= 4 is 17.0 Å². The molecule has 5 heteroatoms. The normalized spacial score (nSPS) is 11.2. The average Bonchev–Trinajstić information content (AvgIpc) is 3.04. The van der Waals surface area contributed by atoms with Gasteiger partial charge >= 0.3 is 0 Å². The lowest BCUT2D eigenvalue weighted by molar-refractivity contribution is 0.681. The molecule has 0 unspecified atom stereocenters. The highest BCUT2D eigenvalue weighted by Gasteiger charge is 2.08. The molecule has 3 rings (SSSR count). The van der Waals surface area contributed by atoms with E-state index in [1.54, 1.807) is 11.3 Å². The number of imidazole rings is 1. The topological polar surface area (TPSA) is 42.2 Å². The minimum absolute atomic E-state index is 0.888. The summed E-state index contributed by atoms with van der Waals surface area (Å²) in [4.78, 5) is 10.3. The third-order valence-corrected chi connectivity index (χ3v) is 3.88. The fourth-order valence-corrected chi connectivity index (χ4v) is 2.77. The highest BCUT2D eigenvalue weighted by Crippen LogP contribution is 2.24. The summed E-state index contributed by atoms with van der Waals surface area (Å²) in [5.41, 5.74) is 1.90. The number of pyridine rings is 1. The second kappa shape index (κ2) is 5.50. The van der Waals surface area contributed by atoms with Crippen LogP contribution in [0.3, 0.4) is 0 Å². The first-order valence-electron chi connectivity index (χ1n) is 6.46. The van der Waals surface area contributed by atoms with E-state index < -0.39 is 0 Å². The maximum Gasteiger partial charge on any atom is 0.143 e. The van der Waals surface area contributed by atoms with E-state index in [9.17, 15) is 0 Å². The van der Waals surface area contributed by atoms with Gasteiger partial charge in [-0.25, -0.2) is 9.97 Å². The molecular weight excluding hydrogens is 256 g/mol. The molecule has 98 valence electrons. The monoisotopic (exact) mass is 272 g/mol. The van der Waals surface area contributed by atoms with Crippen molar-refractivity contribution in [2.24, 2.45) is 0 Å². The van der Waals surface area contributed by atoms with Gasteiger partial charge in [0, 0.05) is 30.0 Å². The van der Waals surface area contributed by atoms with Gasteiger partial charge in [0.15, 0.2) is 0 Å². The summed E-state index contributed by atoms with van der Waals surface area (Å²) >= 11 is 1.70. The molecule has 0 bridgehead atoms. The van der Waals surface area contributed by atoms with Crippen LogP contribution in [0.15, 0.2) is 36.8 Å². The lowest BCUT2D eigenvalue weighted by Gasteiger charge is -1.97. The molecule has 0 aliphatic carbocycles. The molecule has 4 nitrogen and oxygen atoms in total. The Balaban J connectivity index is 1.81. The molecule has 0 saturated carbocycles. The maximum absolute atomic E-state index is 4.58. The van der Waals surface area contributed by atoms with Crippen LogP contribution in [0.1, 0.15) is 18.2 Å². The van der Waals surface area contributed by atoms with Crippen LogP contribution in [0.25, 0.3) is 16.3 Å². The first-order valence-corrected chi connectivity index (χ1v) is 7.28. The summed E-state index contributed by atoms with van der Waals surface area (Å²) in [6.07, 6.45) is 7.12. The summed E-state index contributed by atoms with van der Waals surface area (Å²) in [6.45, 7) is 4.10. The van der Waals surface area contributed by atoms with Gasteiger partial charge in [0.1, 0.15) is 16.3 Å². The van der Waals surface area contributed by atoms with Crippen LogP contribution >= 0.6 is 11.3 Å². The lowest BCUT2D eigenvalue weighted by Crippen LogP contribution is -2.12. The average molecular weight is 272 g/mol. The minimum atomic E-state index is 0.888. The van der Waals surface area contributed by atoms with Crippen LogP contribution in [-0.2, 0) is 6.54 Å². The molecule has 19 heavy (non-hydrogen) atoms. The Labute approximate surface area is 116 Å². The number of aromatic nitrogens is 3. The van der Waals surface area contributed by atoms with Gasteiger partial charge in [-0.15, -0.1) is 11.3 Å². The zero-order valence-electron chi connectivity index (χ0n) is 10.8. The molecule has 0 aliphatic heterocycles. The Hall–Kier alpha value is -1.72. The van der Waals surface area contributed by atoms with Crippen molar-refractivity contribution in [3.05, 3.63) is 41.7 Å². The molecule has 0 aliphatic rings. The van der Waals surface area contributed by atoms with Gasteiger partial charge in [-0.05, 0) is 25.1 Å². The molecule has 1 N–H and O–H groups in total. The number of thiazole rings is 1. The molecule has 3 aromatic rings. The molecule has 3 aromatic heterocycles. The van der Waals surface area contributed by atoms with E-state index in [1.807, 2.05) is 41.2 Å². The zero-order valence-corrected chi connectivity index (χ0v) is 11.7. The van der Waals surface area contributed by atoms with Crippen molar-refractivity contribution in [1.29, 1.82) is 0 Å². The maximum atomic E-state index is 4.58. The number of rotatable bonds is 5. The van der Waals surface area contributed by atoms with Gasteiger partial charge < -0.3 is 9.72 Å². The fourth-order valence-electron chi connectivity index (χ4n) is 1.93. The summed E-state index contributed by atoms with van der Waals surface area (Å²) < 4.78 is 2.02. The predicted octanol–water partition coefficient (Wildman–Crippen LogP) is 2.96. The highest BCUT2D eigenvalue weighted by molar-refractivity contribution is 7.14. The lowest BCUT2D eigenvalue weighted by atomic mass is 10.4. The van der Waals surface area contributed by atoms with E-state index in [4.69, 9.17) is 0 Å². The third kappa shape index (κ3) is 2.67. The number of hydrogen-bond donors (Lipinski definition) is 1. The van der Waals surface area contributed by atoms with Gasteiger partial charge in [-0.1, -0.05) is 13.0 Å². The fraction of sp³-hybridized carbons (Fsp3) is 0.286. The van der Waals surface area contributed by atoms with Crippen molar-refractivity contribution < 1.29 is 0 Å². The largest absolute Gasteiger partial charge is 0.312 e. The number of nitrogens with zero attached hydrogens (tertiary/aromatic N) is 3. The molecule has 0 atom stereocenters. The third-order valence-electron chi connectivity index (χ3n) is 2.86. The zero-order chi connectivity index (χ0) is 13.1. The van der Waals surface area contributed by atoms with Crippen LogP contribution in [0.4, 0.5) is 0 Å². The van der Waals surface area contributed by atoms with E-state index in [0.717, 1.165) is 35.9 Å². The molecule has 0 saturated heterocycles. The van der Waals surface area contributed by atoms with Crippen LogP contribution in [0.5, 0.6) is 0 Å². The predicted molar refractivity (Wildman–Crippen MR) is 78.3 cm³/mol. The summed E-state index contributed by atoms with van der Waals surface area (Å²) in [6, 6.07) is 6.00. The number of fused-ring (bicyclic) bond motifs is 1. The standard InChI is InChI=1S/C14H16N4S/c1-2-6-15-8-11-9-16-14(19-11)12-10-18-7-4-3-5-13(18)17-12/h3-5,7,9-10,15H,2,6,8H2,1H3. The van der Waals surface area contributed by atoms with Gasteiger partial charge in [-0.3, -0.25) is 0 Å². The quantitative estimate of drug-likeness (QED) is 0.726. The first kappa shape index (κ1) is 12.3. The van der Waals surface area contributed by atoms with Crippen LogP contribution in [0, 0.1) is 0 Å². The molecule has 0 aromatic carbocycles. The first-order chi connectivity index (χ1) is 9.36.